The van der Waals surface area contributed by atoms with Crippen LogP contribution >= 0.6 is 0 Å². The average molecular weight is 364 g/mol. The van der Waals surface area contributed by atoms with Crippen molar-refractivity contribution in [3.8, 4) is 0 Å². The van der Waals surface area contributed by atoms with Crippen LogP contribution in [0.4, 0.5) is 0 Å². The molecule has 0 fully saturated rings. The summed E-state index contributed by atoms with van der Waals surface area (Å²) in [6.07, 6.45) is 2.64. The van der Waals surface area contributed by atoms with Crippen molar-refractivity contribution >= 4 is 0 Å². The Morgan fingerprint density at radius 1 is 0.800 bits per heavy atom. The summed E-state index contributed by atoms with van der Waals surface area (Å²) in [6.45, 7) is 4.36. The maximum atomic E-state index is 2.34. The van der Waals surface area contributed by atoms with Crippen LogP contribution in [-0.2, 0) is 0 Å². The quantitative estimate of drug-likeness (QED) is 0.434. The van der Waals surface area contributed by atoms with Crippen molar-refractivity contribution in [2.75, 3.05) is 0 Å². The van der Waals surface area contributed by atoms with E-state index in [9.17, 15) is 0 Å². The molecule has 0 radical (unpaired) electrons. The molecule has 62 valence electrons. The second-order valence-corrected chi connectivity index (χ2v) is 6.07. The molecule has 0 spiro atoms. The molecule has 0 amide bonds. The van der Waals surface area contributed by atoms with Crippen molar-refractivity contribution in [2.24, 2.45) is 0 Å². The maximum Gasteiger partial charge on any atom is -0.0564 e. The summed E-state index contributed by atoms with van der Waals surface area (Å²) in [4.78, 5) is 0. The summed E-state index contributed by atoms with van der Waals surface area (Å²) in [5.74, 6) is 0. The summed E-state index contributed by atoms with van der Waals surface area (Å²) in [7, 11) is 0. The second kappa shape index (κ2) is 9.94. The SMILES string of the molecule is C1=C[I-]C=C[I-]1.CCCC. The van der Waals surface area contributed by atoms with E-state index in [1.165, 1.54) is 12.8 Å². The normalized spacial score (nSPS) is 15.8. The molecule has 1 heterocycles. The molecule has 0 N–H and O–H groups in total. The van der Waals surface area contributed by atoms with Gasteiger partial charge in [0.05, 0.1) is 0 Å². The standard InChI is InChI=1S/C4H4I2.C4H10/c1-2-6-4-3-5-1;1-3-4-2/h1-4H;3-4H2,1-2H3/q-2;. The monoisotopic (exact) mass is 364 g/mol. The summed E-state index contributed by atoms with van der Waals surface area (Å²) in [6, 6.07) is 0. The molecular weight excluding hydrogens is 350 g/mol. The molecule has 0 unspecified atom stereocenters. The van der Waals surface area contributed by atoms with E-state index in [2.05, 4.69) is 30.2 Å². The van der Waals surface area contributed by atoms with E-state index in [1.807, 2.05) is 0 Å². The molecule has 0 saturated heterocycles. The number of hydrogen-bond donors (Lipinski definition) is 0. The van der Waals surface area contributed by atoms with E-state index >= 15 is 0 Å². The summed E-state index contributed by atoms with van der Waals surface area (Å²) in [5, 5.41) is 0. The van der Waals surface area contributed by atoms with Gasteiger partial charge in [-0.15, -0.1) is 0 Å². The van der Waals surface area contributed by atoms with Gasteiger partial charge in [0.1, 0.15) is 0 Å². The largest absolute Gasteiger partial charge is 0.0654 e. The van der Waals surface area contributed by atoms with Crippen LogP contribution in [0, 0.1) is 0 Å². The van der Waals surface area contributed by atoms with Gasteiger partial charge in [-0.3, -0.25) is 0 Å². The molecule has 10 heavy (non-hydrogen) atoms. The Hall–Kier alpha value is 0.940. The molecular formula is C8H14I2-2. The zero-order valence-corrected chi connectivity index (χ0v) is 10.8. The zero-order chi connectivity index (χ0) is 7.66. The number of hydrogen-bond acceptors (Lipinski definition) is 0. The van der Waals surface area contributed by atoms with Gasteiger partial charge in [-0.05, 0) is 0 Å². The fourth-order valence-corrected chi connectivity index (χ4v) is 5.51. The van der Waals surface area contributed by atoms with Crippen molar-refractivity contribution in [3.05, 3.63) is 16.3 Å². The molecule has 2 heteroatoms. The van der Waals surface area contributed by atoms with Gasteiger partial charge in [0, 0.05) is 0 Å². The molecule has 1 aliphatic rings. The van der Waals surface area contributed by atoms with Crippen LogP contribution in [0.2, 0.25) is 0 Å². The third-order valence-electron chi connectivity index (χ3n) is 0.886. The molecule has 0 aromatic rings. The minimum absolute atomic E-state index is 0.381. The molecule has 0 saturated carbocycles. The van der Waals surface area contributed by atoms with Crippen LogP contribution < -0.4 is 42.4 Å². The van der Waals surface area contributed by atoms with Gasteiger partial charge >= 0.3 is 58.7 Å². The van der Waals surface area contributed by atoms with Gasteiger partial charge in [0.2, 0.25) is 0 Å². The predicted molar refractivity (Wildman–Crippen MR) is 38.9 cm³/mol. The summed E-state index contributed by atoms with van der Waals surface area (Å²) in [5.41, 5.74) is 0. The van der Waals surface area contributed by atoms with Gasteiger partial charge in [-0.1, -0.05) is 26.7 Å². The summed E-state index contributed by atoms with van der Waals surface area (Å²) < 4.78 is 9.36. The van der Waals surface area contributed by atoms with E-state index in [-0.39, 0.29) is 0 Å². The van der Waals surface area contributed by atoms with Crippen LogP contribution in [0.5, 0.6) is 0 Å². The molecule has 0 aromatic heterocycles. The Bertz CT molecular complexity index is 83.8. The topological polar surface area (TPSA) is 0 Å². The number of rotatable bonds is 1. The minimum Gasteiger partial charge on any atom is -0.0654 e. The Labute approximate surface area is 84.7 Å². The number of halogens is 2. The molecule has 0 aromatic carbocycles. The van der Waals surface area contributed by atoms with Crippen molar-refractivity contribution in [1.82, 2.24) is 0 Å². The molecule has 0 aliphatic carbocycles. The summed E-state index contributed by atoms with van der Waals surface area (Å²) >= 11 is 0.762. The maximum absolute atomic E-state index is 2.34. The Kier molecular flexibility index (Phi) is 10.9. The molecule has 0 atom stereocenters. The first-order valence-corrected chi connectivity index (χ1v) is 8.44. The third kappa shape index (κ3) is 8.94. The van der Waals surface area contributed by atoms with E-state index in [1.54, 1.807) is 0 Å². The van der Waals surface area contributed by atoms with Gasteiger partial charge in [0.25, 0.3) is 0 Å². The fourth-order valence-electron chi connectivity index (χ4n) is 0.194. The van der Waals surface area contributed by atoms with Gasteiger partial charge in [0.15, 0.2) is 0 Å². The third-order valence-corrected chi connectivity index (χ3v) is 6.74. The Morgan fingerprint density at radius 2 is 1.10 bits per heavy atom. The second-order valence-electron chi connectivity index (χ2n) is 1.76. The van der Waals surface area contributed by atoms with Crippen LogP contribution in [0.25, 0.3) is 0 Å². The van der Waals surface area contributed by atoms with E-state index in [0.29, 0.717) is 42.4 Å². The molecule has 0 nitrogen and oxygen atoms in total. The van der Waals surface area contributed by atoms with Crippen LogP contribution in [0.15, 0.2) is 16.3 Å². The zero-order valence-electron chi connectivity index (χ0n) is 6.48. The van der Waals surface area contributed by atoms with Crippen molar-refractivity contribution < 1.29 is 42.4 Å². The van der Waals surface area contributed by atoms with Crippen molar-refractivity contribution in [2.45, 2.75) is 26.7 Å². The Balaban J connectivity index is 0.000000180. The smallest absolute Gasteiger partial charge is 0.0564 e. The first-order valence-electron chi connectivity index (χ1n) is 3.45. The molecule has 1 aliphatic heterocycles. The van der Waals surface area contributed by atoms with Crippen LogP contribution in [-0.4, -0.2) is 0 Å². The first kappa shape index (κ1) is 10.9. The van der Waals surface area contributed by atoms with Gasteiger partial charge in [-0.2, -0.15) is 0 Å². The van der Waals surface area contributed by atoms with Crippen molar-refractivity contribution in [3.63, 3.8) is 0 Å². The number of unbranched alkanes of at least 4 members (excludes halogenated alkanes) is 1. The van der Waals surface area contributed by atoms with E-state index < -0.39 is 0 Å². The first-order chi connectivity index (χ1) is 4.91. The molecule has 1 rings (SSSR count). The fraction of sp³-hybridized carbons (Fsp3) is 0.500. The van der Waals surface area contributed by atoms with E-state index in [0.717, 1.165) is 0 Å². The van der Waals surface area contributed by atoms with Crippen LogP contribution in [0.3, 0.4) is 0 Å². The average Bonchev–Trinajstić information content (AvgIpc) is 2.08. The van der Waals surface area contributed by atoms with Crippen LogP contribution in [0.1, 0.15) is 26.7 Å². The minimum atomic E-state index is 0.381. The van der Waals surface area contributed by atoms with E-state index in [4.69, 9.17) is 0 Å². The predicted octanol–water partition coefficient (Wildman–Crippen LogP) is -3.07. The van der Waals surface area contributed by atoms with Crippen molar-refractivity contribution in [1.29, 1.82) is 0 Å². The van der Waals surface area contributed by atoms with Gasteiger partial charge in [-0.25, -0.2) is 0 Å². The molecule has 0 bridgehead atoms. The van der Waals surface area contributed by atoms with Gasteiger partial charge < -0.3 is 0 Å². The Morgan fingerprint density at radius 3 is 1.20 bits per heavy atom.